The number of thiazole rings is 1. The summed E-state index contributed by atoms with van der Waals surface area (Å²) in [6.45, 7) is 0.484. The molecule has 0 aliphatic rings. The Morgan fingerprint density at radius 2 is 1.76 bits per heavy atom. The van der Waals surface area contributed by atoms with E-state index in [1.54, 1.807) is 11.6 Å². The molecule has 0 saturated carbocycles. The fourth-order valence-corrected chi connectivity index (χ4v) is 4.86. The van der Waals surface area contributed by atoms with Gasteiger partial charge in [0.25, 0.3) is 5.56 Å². The van der Waals surface area contributed by atoms with Gasteiger partial charge in [-0.1, -0.05) is 60.7 Å². The molecule has 0 aliphatic carbocycles. The minimum atomic E-state index is -0.857. The Balaban J connectivity index is 1.55. The van der Waals surface area contributed by atoms with Crippen LogP contribution in [0, 0.1) is 0 Å². The minimum absolute atomic E-state index is 0.0458. The summed E-state index contributed by atoms with van der Waals surface area (Å²) >= 11 is 1.19. The Labute approximate surface area is 241 Å². The predicted molar refractivity (Wildman–Crippen MR) is 161 cm³/mol. The number of carbonyl (C=O) groups excluding carboxylic acids is 2. The Bertz CT molecular complexity index is 1520. The molecule has 0 radical (unpaired) electrons. The maximum Gasteiger partial charge on any atom is 0.294 e. The van der Waals surface area contributed by atoms with Crippen LogP contribution in [0.15, 0.2) is 88.2 Å². The normalized spacial score (nSPS) is 11.4. The first-order valence-electron chi connectivity index (χ1n) is 13.1. The summed E-state index contributed by atoms with van der Waals surface area (Å²) in [4.78, 5) is 52.4. The predicted octanol–water partition coefficient (Wildman–Crippen LogP) is 2.44. The smallest absolute Gasteiger partial charge is 0.294 e. The van der Waals surface area contributed by atoms with E-state index in [2.05, 4.69) is 25.6 Å². The van der Waals surface area contributed by atoms with E-state index in [9.17, 15) is 14.4 Å². The van der Waals surface area contributed by atoms with E-state index in [1.165, 1.54) is 22.1 Å². The van der Waals surface area contributed by atoms with Crippen LogP contribution in [0.5, 0.6) is 0 Å². The van der Waals surface area contributed by atoms with Gasteiger partial charge in [-0.15, -0.1) is 11.3 Å². The van der Waals surface area contributed by atoms with Gasteiger partial charge in [-0.3, -0.25) is 23.9 Å². The molecule has 12 heteroatoms. The minimum Gasteiger partial charge on any atom is -0.370 e. The zero-order valence-corrected chi connectivity index (χ0v) is 23.2. The van der Waals surface area contributed by atoms with Crippen LogP contribution in [0.25, 0.3) is 11.3 Å². The van der Waals surface area contributed by atoms with E-state index in [0.717, 1.165) is 11.1 Å². The highest BCUT2D eigenvalue weighted by atomic mass is 32.1. The second-order valence-corrected chi connectivity index (χ2v) is 10.1. The highest BCUT2D eigenvalue weighted by Crippen LogP contribution is 2.18. The van der Waals surface area contributed by atoms with Crippen LogP contribution >= 0.6 is 11.3 Å². The monoisotopic (exact) mass is 572 g/mol. The Morgan fingerprint density at radius 1 is 1.02 bits per heavy atom. The SMILES string of the molecule is NC(N)=NCCCC(NC(=O)Cn1c(-c2ccccc2)cnc(NCCc2ccccc2)c1=O)C(=O)c1nccs1. The van der Waals surface area contributed by atoms with Gasteiger partial charge in [0.05, 0.1) is 17.9 Å². The molecule has 0 bridgehead atoms. The molecule has 4 rings (SSSR count). The summed E-state index contributed by atoms with van der Waals surface area (Å²) in [6.07, 6.45) is 4.56. The van der Waals surface area contributed by atoms with Crippen LogP contribution in [0.2, 0.25) is 0 Å². The molecule has 0 aliphatic heterocycles. The van der Waals surface area contributed by atoms with E-state index in [4.69, 9.17) is 11.5 Å². The maximum absolute atomic E-state index is 13.6. The molecule has 2 heterocycles. The summed E-state index contributed by atoms with van der Waals surface area (Å²) in [7, 11) is 0. The number of Topliss-reactive ketones (excluding diaryl/α,β-unsaturated/α-hetero) is 1. The zero-order valence-electron chi connectivity index (χ0n) is 22.4. The van der Waals surface area contributed by atoms with E-state index in [-0.39, 0.29) is 29.1 Å². The molecule has 1 amide bonds. The molecule has 0 fully saturated rings. The topological polar surface area (TPSA) is 170 Å². The molecule has 0 spiro atoms. The first kappa shape index (κ1) is 29.2. The van der Waals surface area contributed by atoms with Crippen LogP contribution in [0.3, 0.4) is 0 Å². The number of guanidine groups is 1. The average Bonchev–Trinajstić information content (AvgIpc) is 3.52. The summed E-state index contributed by atoms with van der Waals surface area (Å²) in [5, 5.41) is 7.88. The van der Waals surface area contributed by atoms with Gasteiger partial charge < -0.3 is 22.1 Å². The maximum atomic E-state index is 13.6. The summed E-state index contributed by atoms with van der Waals surface area (Å²) in [6, 6.07) is 18.3. The number of aliphatic imine (C=N–C) groups is 1. The first-order valence-corrected chi connectivity index (χ1v) is 14.0. The van der Waals surface area contributed by atoms with Crippen molar-refractivity contribution in [2.45, 2.75) is 31.8 Å². The van der Waals surface area contributed by atoms with Gasteiger partial charge in [0.15, 0.2) is 16.8 Å². The number of hydrogen-bond donors (Lipinski definition) is 4. The molecule has 1 unspecified atom stereocenters. The molecule has 212 valence electrons. The molecule has 4 aromatic rings. The molecule has 11 nitrogen and oxygen atoms in total. The van der Waals surface area contributed by atoms with Crippen molar-refractivity contribution in [3.63, 3.8) is 0 Å². The summed E-state index contributed by atoms with van der Waals surface area (Å²) in [5.74, 6) is -0.717. The number of aromatic nitrogens is 3. The molecular weight excluding hydrogens is 540 g/mol. The van der Waals surface area contributed by atoms with Crippen LogP contribution in [-0.2, 0) is 17.8 Å². The second-order valence-electron chi connectivity index (χ2n) is 9.18. The summed E-state index contributed by atoms with van der Waals surface area (Å²) < 4.78 is 1.37. The van der Waals surface area contributed by atoms with Gasteiger partial charge in [0.2, 0.25) is 11.7 Å². The van der Waals surface area contributed by atoms with Gasteiger partial charge in [-0.2, -0.15) is 0 Å². The third-order valence-corrected chi connectivity index (χ3v) is 7.00. The first-order chi connectivity index (χ1) is 19.9. The number of hydrogen-bond acceptors (Lipinski definition) is 8. The van der Waals surface area contributed by atoms with Crippen molar-refractivity contribution in [3.8, 4) is 11.3 Å². The van der Waals surface area contributed by atoms with E-state index in [0.29, 0.717) is 38.0 Å². The lowest BCUT2D eigenvalue weighted by Crippen LogP contribution is -2.44. The highest BCUT2D eigenvalue weighted by molar-refractivity contribution is 7.11. The number of carbonyl (C=O) groups is 2. The number of nitrogens with zero attached hydrogens (tertiary/aromatic N) is 4. The average molecular weight is 573 g/mol. The van der Waals surface area contributed by atoms with Crippen molar-refractivity contribution < 1.29 is 9.59 Å². The number of rotatable bonds is 14. The number of anilines is 1. The molecule has 0 saturated heterocycles. The van der Waals surface area contributed by atoms with Crippen molar-refractivity contribution in [3.05, 3.63) is 99.4 Å². The third kappa shape index (κ3) is 8.32. The zero-order chi connectivity index (χ0) is 29.0. The Kier molecular flexibility index (Phi) is 10.3. The molecule has 2 aromatic heterocycles. The fraction of sp³-hybridized carbons (Fsp3) is 0.241. The standard InChI is InChI=1S/C29H32N8O3S/c30-29(31)34-14-7-12-22(25(39)27-33-16-17-41-27)36-24(38)19-37-23(21-10-5-2-6-11-21)18-35-26(28(37)40)32-15-13-20-8-3-1-4-9-20/h1-6,8-11,16-18,22H,7,12-15,19H2,(H,32,35)(H,36,38)(H4,30,31,34). The number of nitrogens with one attached hydrogen (secondary N) is 2. The lowest BCUT2D eigenvalue weighted by atomic mass is 10.1. The van der Waals surface area contributed by atoms with Crippen molar-refractivity contribution >= 4 is 34.8 Å². The molecule has 2 aromatic carbocycles. The second kappa shape index (κ2) is 14.5. The largest absolute Gasteiger partial charge is 0.370 e. The van der Waals surface area contributed by atoms with Gasteiger partial charge >= 0.3 is 0 Å². The quantitative estimate of drug-likeness (QED) is 0.0772. The third-order valence-electron chi connectivity index (χ3n) is 6.21. The molecule has 1 atom stereocenters. The fourth-order valence-electron chi connectivity index (χ4n) is 4.23. The number of amides is 1. The lowest BCUT2D eigenvalue weighted by Gasteiger charge is -2.19. The van der Waals surface area contributed by atoms with Gasteiger partial charge in [-0.25, -0.2) is 9.97 Å². The highest BCUT2D eigenvalue weighted by Gasteiger charge is 2.25. The van der Waals surface area contributed by atoms with Gasteiger partial charge in [0, 0.05) is 24.7 Å². The Morgan fingerprint density at radius 3 is 2.44 bits per heavy atom. The van der Waals surface area contributed by atoms with Gasteiger partial charge in [-0.05, 0) is 30.4 Å². The van der Waals surface area contributed by atoms with Gasteiger partial charge in [0.1, 0.15) is 6.54 Å². The van der Waals surface area contributed by atoms with Crippen LogP contribution in [-0.4, -0.2) is 51.3 Å². The van der Waals surface area contributed by atoms with E-state index < -0.39 is 17.5 Å². The molecular formula is C29H32N8O3S. The van der Waals surface area contributed by atoms with Crippen molar-refractivity contribution in [2.75, 3.05) is 18.4 Å². The number of ketones is 1. The van der Waals surface area contributed by atoms with E-state index in [1.807, 2.05) is 60.7 Å². The van der Waals surface area contributed by atoms with E-state index >= 15 is 0 Å². The lowest BCUT2D eigenvalue weighted by molar-refractivity contribution is -0.122. The van der Waals surface area contributed by atoms with Crippen molar-refractivity contribution in [1.82, 2.24) is 19.9 Å². The molecule has 41 heavy (non-hydrogen) atoms. The van der Waals surface area contributed by atoms with Crippen molar-refractivity contribution in [1.29, 1.82) is 0 Å². The van der Waals surface area contributed by atoms with Crippen LogP contribution in [0.1, 0.15) is 28.2 Å². The Hall–Kier alpha value is -4.84. The number of benzene rings is 2. The van der Waals surface area contributed by atoms with Crippen molar-refractivity contribution in [2.24, 2.45) is 16.5 Å². The summed E-state index contributed by atoms with van der Waals surface area (Å²) in [5.41, 5.74) is 12.7. The van der Waals surface area contributed by atoms with Crippen LogP contribution in [0.4, 0.5) is 5.82 Å². The number of nitrogens with two attached hydrogens (primary N) is 2. The van der Waals surface area contributed by atoms with Crippen LogP contribution < -0.4 is 27.7 Å². The molecule has 6 N–H and O–H groups in total.